The summed E-state index contributed by atoms with van der Waals surface area (Å²) in [6.45, 7) is 2.75. The Labute approximate surface area is 184 Å². The van der Waals surface area contributed by atoms with Crippen LogP contribution in [0.4, 0.5) is 0 Å². The van der Waals surface area contributed by atoms with Crippen LogP contribution in [0.5, 0.6) is 11.5 Å². The van der Waals surface area contributed by atoms with Crippen LogP contribution < -0.4 is 14.9 Å². The first kappa shape index (κ1) is 21.6. The van der Waals surface area contributed by atoms with E-state index in [-0.39, 0.29) is 10.7 Å². The Kier molecular flexibility index (Phi) is 7.65. The molecule has 0 saturated carbocycles. The van der Waals surface area contributed by atoms with E-state index in [2.05, 4.69) is 15.5 Å². The molecule has 1 amide bonds. The zero-order chi connectivity index (χ0) is 21.3. The Morgan fingerprint density at radius 2 is 1.90 bits per heavy atom. The first-order valence-electron chi connectivity index (χ1n) is 9.15. The fourth-order valence-electron chi connectivity index (χ4n) is 2.52. The Bertz CT molecular complexity index is 1040. The van der Waals surface area contributed by atoms with E-state index in [1.54, 1.807) is 24.3 Å². The summed E-state index contributed by atoms with van der Waals surface area (Å²) in [5.41, 5.74) is 4.40. The number of carbonyl (C=O) groups is 1. The highest BCUT2D eigenvalue weighted by Crippen LogP contribution is 2.29. The number of halogens is 2. The molecule has 3 rings (SSSR count). The van der Waals surface area contributed by atoms with E-state index >= 15 is 0 Å². The predicted molar refractivity (Wildman–Crippen MR) is 118 cm³/mol. The second-order valence-electron chi connectivity index (χ2n) is 6.10. The maximum absolute atomic E-state index is 12.1. The van der Waals surface area contributed by atoms with Crippen LogP contribution in [0.25, 0.3) is 0 Å². The van der Waals surface area contributed by atoms with Gasteiger partial charge >= 0.3 is 0 Å². The van der Waals surface area contributed by atoms with E-state index in [0.717, 1.165) is 11.1 Å². The summed E-state index contributed by atoms with van der Waals surface area (Å²) in [5.74, 6) is 0.740. The third-order valence-electron chi connectivity index (χ3n) is 3.96. The lowest BCUT2D eigenvalue weighted by atomic mass is 10.2. The van der Waals surface area contributed by atoms with E-state index in [1.807, 2.05) is 37.3 Å². The molecule has 6 nitrogen and oxygen atoms in total. The first-order valence-corrected chi connectivity index (χ1v) is 9.90. The minimum Gasteiger partial charge on any atom is -0.490 e. The van der Waals surface area contributed by atoms with Crippen molar-refractivity contribution in [2.24, 2.45) is 5.10 Å². The van der Waals surface area contributed by atoms with Gasteiger partial charge in [-0.25, -0.2) is 10.4 Å². The quantitative estimate of drug-likeness (QED) is 0.297. The maximum Gasteiger partial charge on any atom is 0.274 e. The van der Waals surface area contributed by atoms with Crippen molar-refractivity contribution in [3.05, 3.63) is 87.7 Å². The fraction of sp³-hybridized carbons (Fsp3) is 0.136. The molecule has 0 fully saturated rings. The summed E-state index contributed by atoms with van der Waals surface area (Å²) >= 11 is 11.8. The third kappa shape index (κ3) is 5.95. The van der Waals surface area contributed by atoms with Gasteiger partial charge in [-0.1, -0.05) is 35.3 Å². The van der Waals surface area contributed by atoms with Gasteiger partial charge in [0.25, 0.3) is 5.91 Å². The van der Waals surface area contributed by atoms with Gasteiger partial charge in [0, 0.05) is 11.2 Å². The summed E-state index contributed by atoms with van der Waals surface area (Å²) in [6.07, 6.45) is 3.02. The van der Waals surface area contributed by atoms with Gasteiger partial charge in [0.15, 0.2) is 11.5 Å². The van der Waals surface area contributed by atoms with Crippen molar-refractivity contribution in [3.8, 4) is 11.5 Å². The van der Waals surface area contributed by atoms with Crippen LogP contribution in [0, 0.1) is 0 Å². The normalized spacial score (nSPS) is 10.8. The number of hydrazone groups is 1. The minimum atomic E-state index is -0.447. The van der Waals surface area contributed by atoms with Gasteiger partial charge in [0.05, 0.1) is 18.4 Å². The Morgan fingerprint density at radius 1 is 1.10 bits per heavy atom. The molecule has 0 unspecified atom stereocenters. The lowest BCUT2D eigenvalue weighted by Crippen LogP contribution is -2.18. The number of carbonyl (C=O) groups excluding carboxylic acids is 1. The Hall–Kier alpha value is -3.09. The van der Waals surface area contributed by atoms with Crippen molar-refractivity contribution in [2.45, 2.75) is 13.5 Å². The number of ether oxygens (including phenoxy) is 2. The minimum absolute atomic E-state index is 0.117. The highest BCUT2D eigenvalue weighted by Gasteiger charge is 2.10. The topological polar surface area (TPSA) is 72.8 Å². The largest absolute Gasteiger partial charge is 0.490 e. The molecule has 30 heavy (non-hydrogen) atoms. The van der Waals surface area contributed by atoms with Gasteiger partial charge in [0.1, 0.15) is 11.8 Å². The van der Waals surface area contributed by atoms with Crippen LogP contribution in [0.15, 0.2) is 65.9 Å². The van der Waals surface area contributed by atoms with Crippen molar-refractivity contribution in [1.82, 2.24) is 10.4 Å². The van der Waals surface area contributed by atoms with Gasteiger partial charge in [-0.3, -0.25) is 4.79 Å². The van der Waals surface area contributed by atoms with Gasteiger partial charge in [-0.15, -0.1) is 0 Å². The maximum atomic E-state index is 12.1. The summed E-state index contributed by atoms with van der Waals surface area (Å²) in [6, 6.07) is 16.0. The van der Waals surface area contributed by atoms with Crippen LogP contribution in [0.3, 0.4) is 0 Å². The summed E-state index contributed by atoms with van der Waals surface area (Å²) < 4.78 is 11.6. The number of hydrogen-bond acceptors (Lipinski definition) is 5. The molecule has 1 N–H and O–H groups in total. The molecule has 0 aliphatic heterocycles. The Morgan fingerprint density at radius 3 is 2.63 bits per heavy atom. The second-order valence-corrected chi connectivity index (χ2v) is 6.89. The molecular weight excluding hydrogens is 425 g/mol. The van der Waals surface area contributed by atoms with Gasteiger partial charge < -0.3 is 9.47 Å². The second kappa shape index (κ2) is 10.6. The summed E-state index contributed by atoms with van der Waals surface area (Å²) in [5, 5.41) is 4.76. The average molecular weight is 444 g/mol. The fourth-order valence-corrected chi connectivity index (χ4v) is 2.85. The number of nitrogens with zero attached hydrogens (tertiary/aromatic N) is 2. The molecule has 0 atom stereocenters. The molecule has 0 aliphatic carbocycles. The van der Waals surface area contributed by atoms with E-state index in [4.69, 9.17) is 32.7 Å². The van der Waals surface area contributed by atoms with Crippen LogP contribution in [0.2, 0.25) is 10.2 Å². The van der Waals surface area contributed by atoms with Crippen molar-refractivity contribution < 1.29 is 14.3 Å². The van der Waals surface area contributed by atoms with Crippen LogP contribution in [-0.4, -0.2) is 23.7 Å². The molecule has 0 saturated heterocycles. The highest BCUT2D eigenvalue weighted by atomic mass is 35.5. The lowest BCUT2D eigenvalue weighted by Gasteiger charge is -2.12. The average Bonchev–Trinajstić information content (AvgIpc) is 2.75. The van der Waals surface area contributed by atoms with Crippen molar-refractivity contribution in [1.29, 1.82) is 0 Å². The third-order valence-corrected chi connectivity index (χ3v) is 4.51. The van der Waals surface area contributed by atoms with Crippen LogP contribution in [-0.2, 0) is 6.61 Å². The molecule has 0 radical (unpaired) electrons. The lowest BCUT2D eigenvalue weighted by molar-refractivity contribution is 0.0955. The molecule has 0 bridgehead atoms. The summed E-state index contributed by atoms with van der Waals surface area (Å²) in [4.78, 5) is 16.0. The number of amides is 1. The summed E-state index contributed by atoms with van der Waals surface area (Å²) in [7, 11) is 0. The number of nitrogens with one attached hydrogen (secondary N) is 1. The van der Waals surface area contributed by atoms with E-state index in [1.165, 1.54) is 12.4 Å². The molecule has 0 aliphatic rings. The number of pyridine rings is 1. The molecule has 154 valence electrons. The van der Waals surface area contributed by atoms with Crippen molar-refractivity contribution in [3.63, 3.8) is 0 Å². The number of aromatic nitrogens is 1. The zero-order valence-corrected chi connectivity index (χ0v) is 17.7. The SMILES string of the molecule is CCOc1cc(C=NNC(=O)c2cccnc2Cl)ccc1OCc1ccc(Cl)cc1. The van der Waals surface area contributed by atoms with Crippen molar-refractivity contribution in [2.75, 3.05) is 6.61 Å². The molecule has 1 heterocycles. The number of hydrogen-bond donors (Lipinski definition) is 1. The highest BCUT2D eigenvalue weighted by molar-refractivity contribution is 6.32. The Balaban J connectivity index is 1.66. The monoisotopic (exact) mass is 443 g/mol. The molecular formula is C22H19Cl2N3O3. The van der Waals surface area contributed by atoms with Gasteiger partial charge in [-0.05, 0) is 60.5 Å². The number of rotatable bonds is 8. The molecule has 2 aromatic carbocycles. The first-order chi connectivity index (χ1) is 14.6. The molecule has 0 spiro atoms. The number of benzene rings is 2. The smallest absolute Gasteiger partial charge is 0.274 e. The van der Waals surface area contributed by atoms with Crippen molar-refractivity contribution >= 4 is 35.3 Å². The standard InChI is InChI=1S/C22H19Cl2N3O3/c1-2-29-20-12-16(13-26-27-22(28)18-4-3-11-25-21(18)24)7-10-19(20)30-14-15-5-8-17(23)9-6-15/h3-13H,2,14H2,1H3,(H,27,28). The van der Waals surface area contributed by atoms with Crippen LogP contribution in [0.1, 0.15) is 28.4 Å². The van der Waals surface area contributed by atoms with Crippen LogP contribution >= 0.6 is 23.2 Å². The predicted octanol–water partition coefficient (Wildman–Crippen LogP) is 5.13. The molecule has 1 aromatic heterocycles. The van der Waals surface area contributed by atoms with E-state index < -0.39 is 5.91 Å². The zero-order valence-electron chi connectivity index (χ0n) is 16.1. The van der Waals surface area contributed by atoms with Gasteiger partial charge in [-0.2, -0.15) is 5.10 Å². The van der Waals surface area contributed by atoms with Gasteiger partial charge in [0.2, 0.25) is 0 Å². The van der Waals surface area contributed by atoms with E-state index in [0.29, 0.717) is 29.7 Å². The molecule has 8 heteroatoms. The molecule has 3 aromatic rings. The van der Waals surface area contributed by atoms with E-state index in [9.17, 15) is 4.79 Å².